The predicted molar refractivity (Wildman–Crippen MR) is 97.9 cm³/mol. The van der Waals surface area contributed by atoms with Gasteiger partial charge in [0, 0.05) is 5.39 Å². The quantitative estimate of drug-likeness (QED) is 0.568. The van der Waals surface area contributed by atoms with Gasteiger partial charge in [0.2, 0.25) is 0 Å². The number of aryl methyl sites for hydroxylation is 1. The molecule has 0 N–H and O–H groups in total. The first-order chi connectivity index (χ1) is 12.1. The summed E-state index contributed by atoms with van der Waals surface area (Å²) in [5, 5.41) is 0.849. The molecule has 2 nitrogen and oxygen atoms in total. The Bertz CT molecular complexity index is 938. The van der Waals surface area contributed by atoms with Crippen LogP contribution in [-0.2, 0) is 10.8 Å². The van der Waals surface area contributed by atoms with Gasteiger partial charge in [0.05, 0.1) is 20.6 Å². The van der Waals surface area contributed by atoms with Gasteiger partial charge in [-0.25, -0.2) is 8.60 Å². The fourth-order valence-electron chi connectivity index (χ4n) is 3.84. The first-order valence-corrected chi connectivity index (χ1v) is 9.99. The van der Waals surface area contributed by atoms with E-state index < -0.39 is 16.6 Å². The van der Waals surface area contributed by atoms with E-state index in [1.807, 2.05) is 6.07 Å². The molecular formula is C21H21FO2S. The van der Waals surface area contributed by atoms with E-state index in [1.165, 1.54) is 43.7 Å². The molecule has 1 aliphatic rings. The molecule has 4 heteroatoms. The summed E-state index contributed by atoms with van der Waals surface area (Å²) in [6.07, 6.45) is 6.25. The SMILES string of the molecule is Cc1oc2ccc(C3CCCCC3)cc2c1[S@@](=O)c1ccccc1F. The van der Waals surface area contributed by atoms with E-state index in [-0.39, 0.29) is 4.90 Å². The van der Waals surface area contributed by atoms with Gasteiger partial charge < -0.3 is 4.42 Å². The van der Waals surface area contributed by atoms with Crippen LogP contribution in [-0.4, -0.2) is 4.21 Å². The molecule has 4 rings (SSSR count). The van der Waals surface area contributed by atoms with Crippen LogP contribution in [0.25, 0.3) is 11.0 Å². The topological polar surface area (TPSA) is 30.2 Å². The van der Waals surface area contributed by atoms with E-state index in [9.17, 15) is 8.60 Å². The first-order valence-electron chi connectivity index (χ1n) is 8.84. The van der Waals surface area contributed by atoms with Crippen LogP contribution in [0.3, 0.4) is 0 Å². The van der Waals surface area contributed by atoms with Crippen molar-refractivity contribution in [1.29, 1.82) is 0 Å². The van der Waals surface area contributed by atoms with Gasteiger partial charge in [-0.3, -0.25) is 0 Å². The minimum Gasteiger partial charge on any atom is -0.460 e. The highest BCUT2D eigenvalue weighted by molar-refractivity contribution is 7.85. The van der Waals surface area contributed by atoms with Gasteiger partial charge in [0.1, 0.15) is 17.2 Å². The van der Waals surface area contributed by atoms with Gasteiger partial charge in [0.25, 0.3) is 0 Å². The molecule has 0 unspecified atom stereocenters. The Morgan fingerprint density at radius 3 is 2.60 bits per heavy atom. The summed E-state index contributed by atoms with van der Waals surface area (Å²) < 4.78 is 33.0. The molecule has 1 heterocycles. The Morgan fingerprint density at radius 1 is 1.08 bits per heavy atom. The number of furan rings is 1. The molecule has 2 aromatic carbocycles. The maximum atomic E-state index is 14.1. The average molecular weight is 356 g/mol. The molecule has 1 aliphatic carbocycles. The third-order valence-corrected chi connectivity index (χ3v) is 6.74. The Morgan fingerprint density at radius 2 is 1.84 bits per heavy atom. The largest absolute Gasteiger partial charge is 0.460 e. The second-order valence-electron chi connectivity index (χ2n) is 6.78. The van der Waals surface area contributed by atoms with Crippen molar-refractivity contribution < 1.29 is 13.0 Å². The zero-order valence-corrected chi connectivity index (χ0v) is 15.1. The predicted octanol–water partition coefficient (Wildman–Crippen LogP) is 6.09. The minimum absolute atomic E-state index is 0.205. The monoisotopic (exact) mass is 356 g/mol. The van der Waals surface area contributed by atoms with Gasteiger partial charge in [-0.2, -0.15) is 0 Å². The number of benzene rings is 2. The second kappa shape index (κ2) is 6.75. The Labute approximate surface area is 149 Å². The molecular weight excluding hydrogens is 335 g/mol. The molecule has 0 aliphatic heterocycles. The second-order valence-corrected chi connectivity index (χ2v) is 8.16. The van der Waals surface area contributed by atoms with Gasteiger partial charge in [0.15, 0.2) is 0 Å². The number of fused-ring (bicyclic) bond motifs is 1. The molecule has 0 bridgehead atoms. The third kappa shape index (κ3) is 3.04. The molecule has 0 amide bonds. The third-order valence-electron chi connectivity index (χ3n) is 5.13. The molecule has 1 saturated carbocycles. The maximum Gasteiger partial charge on any atom is 0.139 e. The van der Waals surface area contributed by atoms with Crippen LogP contribution in [0.4, 0.5) is 4.39 Å². The van der Waals surface area contributed by atoms with Crippen molar-refractivity contribution in [2.75, 3.05) is 0 Å². The van der Waals surface area contributed by atoms with Crippen molar-refractivity contribution >= 4 is 21.8 Å². The molecule has 0 spiro atoms. The van der Waals surface area contributed by atoms with Crippen LogP contribution in [0, 0.1) is 12.7 Å². The van der Waals surface area contributed by atoms with Crippen molar-refractivity contribution in [3.63, 3.8) is 0 Å². The molecule has 0 radical (unpaired) electrons. The molecule has 3 aromatic rings. The highest BCUT2D eigenvalue weighted by Crippen LogP contribution is 2.37. The molecule has 1 atom stereocenters. The van der Waals surface area contributed by atoms with Gasteiger partial charge in [-0.15, -0.1) is 0 Å². The van der Waals surface area contributed by atoms with E-state index in [4.69, 9.17) is 4.42 Å². The number of halogens is 1. The first kappa shape index (κ1) is 16.5. The lowest BCUT2D eigenvalue weighted by Crippen LogP contribution is -2.04. The lowest BCUT2D eigenvalue weighted by atomic mass is 9.84. The van der Waals surface area contributed by atoms with E-state index in [0.29, 0.717) is 16.6 Å². The van der Waals surface area contributed by atoms with Crippen molar-refractivity contribution in [2.24, 2.45) is 0 Å². The summed E-state index contributed by atoms with van der Waals surface area (Å²) in [7, 11) is -1.60. The summed E-state index contributed by atoms with van der Waals surface area (Å²) in [5.41, 5.74) is 2.00. The summed E-state index contributed by atoms with van der Waals surface area (Å²) in [6.45, 7) is 1.80. The molecule has 0 saturated heterocycles. The fraction of sp³-hybridized carbons (Fsp3) is 0.333. The van der Waals surface area contributed by atoms with Crippen molar-refractivity contribution in [3.8, 4) is 0 Å². The lowest BCUT2D eigenvalue weighted by molar-refractivity contribution is 0.444. The summed E-state index contributed by atoms with van der Waals surface area (Å²) in [6, 6.07) is 12.4. The zero-order chi connectivity index (χ0) is 17.4. The highest BCUT2D eigenvalue weighted by atomic mass is 32.2. The van der Waals surface area contributed by atoms with Crippen LogP contribution < -0.4 is 0 Å². The smallest absolute Gasteiger partial charge is 0.139 e. The fourth-order valence-corrected chi connectivity index (χ4v) is 5.17. The van der Waals surface area contributed by atoms with E-state index >= 15 is 0 Å². The van der Waals surface area contributed by atoms with Crippen LogP contribution in [0.2, 0.25) is 0 Å². The Kier molecular flexibility index (Phi) is 4.46. The minimum atomic E-state index is -1.60. The number of hydrogen-bond donors (Lipinski definition) is 0. The molecule has 130 valence electrons. The highest BCUT2D eigenvalue weighted by Gasteiger charge is 2.23. The van der Waals surface area contributed by atoms with Gasteiger partial charge in [-0.1, -0.05) is 37.5 Å². The summed E-state index contributed by atoms with van der Waals surface area (Å²) in [4.78, 5) is 0.800. The Hall–Kier alpha value is -1.94. The Balaban J connectivity index is 1.81. The van der Waals surface area contributed by atoms with Crippen molar-refractivity contribution in [2.45, 2.75) is 54.7 Å². The summed E-state index contributed by atoms with van der Waals surface area (Å²) >= 11 is 0. The zero-order valence-electron chi connectivity index (χ0n) is 14.3. The molecule has 1 fully saturated rings. The van der Waals surface area contributed by atoms with Crippen molar-refractivity contribution in [3.05, 3.63) is 59.6 Å². The molecule has 1 aromatic heterocycles. The van der Waals surface area contributed by atoms with E-state index in [1.54, 1.807) is 25.1 Å². The van der Waals surface area contributed by atoms with Crippen LogP contribution >= 0.6 is 0 Å². The van der Waals surface area contributed by atoms with Crippen LogP contribution in [0.5, 0.6) is 0 Å². The average Bonchev–Trinajstić information content (AvgIpc) is 2.97. The summed E-state index contributed by atoms with van der Waals surface area (Å²) in [5.74, 6) is 0.707. The van der Waals surface area contributed by atoms with Crippen molar-refractivity contribution in [1.82, 2.24) is 0 Å². The van der Waals surface area contributed by atoms with E-state index in [0.717, 1.165) is 11.0 Å². The van der Waals surface area contributed by atoms with Gasteiger partial charge >= 0.3 is 0 Å². The van der Waals surface area contributed by atoms with Gasteiger partial charge in [-0.05, 0) is 55.5 Å². The standard InChI is InChI=1S/C21H21FO2S/c1-14-21(25(23)20-10-6-5-9-18(20)22)17-13-16(11-12-19(17)24-14)15-7-3-2-4-8-15/h5-6,9-13,15H,2-4,7-8H2,1H3/t25-/m0/s1. The van der Waals surface area contributed by atoms with Crippen LogP contribution in [0.1, 0.15) is 49.3 Å². The normalized spacial score (nSPS) is 17.0. The number of rotatable bonds is 3. The lowest BCUT2D eigenvalue weighted by Gasteiger charge is -2.21. The number of hydrogen-bond acceptors (Lipinski definition) is 2. The van der Waals surface area contributed by atoms with Crippen LogP contribution in [0.15, 0.2) is 56.7 Å². The molecule has 25 heavy (non-hydrogen) atoms. The maximum absolute atomic E-state index is 14.1. The van der Waals surface area contributed by atoms with E-state index in [2.05, 4.69) is 12.1 Å².